The summed E-state index contributed by atoms with van der Waals surface area (Å²) >= 11 is 0. The number of carbonyl (C=O) groups is 2. The molecule has 9 nitrogen and oxygen atoms in total. The predicted molar refractivity (Wildman–Crippen MR) is 136 cm³/mol. The second-order valence-corrected chi connectivity index (χ2v) is 8.63. The van der Waals surface area contributed by atoms with Gasteiger partial charge in [0.05, 0.1) is 39.6 Å². The molecule has 194 valence electrons. The van der Waals surface area contributed by atoms with Crippen LogP contribution < -0.4 is 18.9 Å². The molecule has 1 aliphatic heterocycles. The summed E-state index contributed by atoms with van der Waals surface area (Å²) in [5.41, 5.74) is 0.948. The number of ether oxygens (including phenoxy) is 4. The number of likely N-dealkylation sites (N-methyl/N-ethyl adjacent to an activating group) is 1. The average Bonchev–Trinajstić information content (AvgIpc) is 3.14. The number of carbonyl (C=O) groups excluding carboxylic acids is 2. The van der Waals surface area contributed by atoms with Crippen molar-refractivity contribution in [2.24, 2.45) is 0 Å². The van der Waals surface area contributed by atoms with Gasteiger partial charge in [0.15, 0.2) is 11.5 Å². The van der Waals surface area contributed by atoms with Crippen LogP contribution in [0.1, 0.15) is 30.5 Å². The first kappa shape index (κ1) is 26.9. The minimum absolute atomic E-state index is 0.00439. The maximum Gasteiger partial charge on any atom is 0.295 e. The highest BCUT2D eigenvalue weighted by atomic mass is 16.5. The van der Waals surface area contributed by atoms with E-state index in [9.17, 15) is 14.7 Å². The number of methoxy groups -OCH3 is 3. The molecule has 0 unspecified atom stereocenters. The van der Waals surface area contributed by atoms with Crippen LogP contribution in [0.5, 0.6) is 23.0 Å². The van der Waals surface area contributed by atoms with Crippen LogP contribution in [0.4, 0.5) is 0 Å². The Morgan fingerprint density at radius 3 is 2.11 bits per heavy atom. The third kappa shape index (κ3) is 5.41. The highest BCUT2D eigenvalue weighted by Gasteiger charge is 2.46. The Balaban J connectivity index is 2.17. The number of likely N-dealkylation sites (tertiary alicyclic amines) is 1. The van der Waals surface area contributed by atoms with E-state index in [0.717, 1.165) is 6.42 Å². The topological polar surface area (TPSA) is 97.8 Å². The number of aliphatic hydroxyl groups is 1. The Labute approximate surface area is 211 Å². The Morgan fingerprint density at radius 2 is 1.61 bits per heavy atom. The predicted octanol–water partition coefficient (Wildman–Crippen LogP) is 3.48. The fraction of sp³-hybridized carbons (Fsp3) is 0.407. The third-order valence-corrected chi connectivity index (χ3v) is 5.93. The largest absolute Gasteiger partial charge is 0.507 e. The Morgan fingerprint density at radius 1 is 1.00 bits per heavy atom. The van der Waals surface area contributed by atoms with Gasteiger partial charge in [0.25, 0.3) is 11.7 Å². The van der Waals surface area contributed by atoms with E-state index in [2.05, 4.69) is 0 Å². The van der Waals surface area contributed by atoms with E-state index in [-0.39, 0.29) is 17.9 Å². The molecule has 36 heavy (non-hydrogen) atoms. The van der Waals surface area contributed by atoms with Gasteiger partial charge in [-0.1, -0.05) is 6.92 Å². The molecule has 0 aliphatic carbocycles. The minimum atomic E-state index is -0.852. The Kier molecular flexibility index (Phi) is 8.82. The molecule has 1 aliphatic rings. The molecule has 1 heterocycles. The van der Waals surface area contributed by atoms with E-state index < -0.39 is 17.7 Å². The van der Waals surface area contributed by atoms with Crippen molar-refractivity contribution in [2.45, 2.75) is 19.4 Å². The number of ketones is 1. The van der Waals surface area contributed by atoms with Crippen LogP contribution in [0.2, 0.25) is 0 Å². The van der Waals surface area contributed by atoms with E-state index in [0.29, 0.717) is 47.3 Å². The summed E-state index contributed by atoms with van der Waals surface area (Å²) in [6.45, 7) is 3.39. The van der Waals surface area contributed by atoms with Gasteiger partial charge in [0.2, 0.25) is 5.75 Å². The average molecular weight is 499 g/mol. The molecule has 0 bridgehead atoms. The number of Topliss-reactive ketones (excluding diaryl/α,β-unsaturated/α-hetero) is 1. The number of amides is 1. The molecule has 1 fully saturated rings. The lowest BCUT2D eigenvalue weighted by Crippen LogP contribution is -2.35. The molecule has 3 rings (SSSR count). The molecular weight excluding hydrogens is 464 g/mol. The van der Waals surface area contributed by atoms with Gasteiger partial charge in [-0.15, -0.1) is 0 Å². The second kappa shape index (κ2) is 11.8. The molecule has 0 saturated carbocycles. The maximum absolute atomic E-state index is 13.3. The van der Waals surface area contributed by atoms with E-state index in [1.807, 2.05) is 25.9 Å². The zero-order valence-corrected chi connectivity index (χ0v) is 21.7. The van der Waals surface area contributed by atoms with Crippen molar-refractivity contribution in [1.29, 1.82) is 0 Å². The van der Waals surface area contributed by atoms with Crippen molar-refractivity contribution < 1.29 is 33.6 Å². The second-order valence-electron chi connectivity index (χ2n) is 8.63. The van der Waals surface area contributed by atoms with Crippen LogP contribution in [0.15, 0.2) is 42.0 Å². The molecule has 9 heteroatoms. The van der Waals surface area contributed by atoms with Crippen LogP contribution in [-0.2, 0) is 9.59 Å². The van der Waals surface area contributed by atoms with Crippen molar-refractivity contribution in [2.75, 3.05) is 55.1 Å². The molecular formula is C27H34N2O7. The first-order chi connectivity index (χ1) is 17.3. The van der Waals surface area contributed by atoms with Gasteiger partial charge in [0.1, 0.15) is 11.5 Å². The lowest BCUT2D eigenvalue weighted by atomic mass is 9.94. The van der Waals surface area contributed by atoms with E-state index in [4.69, 9.17) is 18.9 Å². The van der Waals surface area contributed by atoms with Crippen LogP contribution in [0.3, 0.4) is 0 Å². The zero-order chi connectivity index (χ0) is 26.4. The summed E-state index contributed by atoms with van der Waals surface area (Å²) in [5, 5.41) is 11.3. The summed E-state index contributed by atoms with van der Waals surface area (Å²) in [5.74, 6) is 0.0977. The monoisotopic (exact) mass is 498 g/mol. The highest BCUT2D eigenvalue weighted by Crippen LogP contribution is 2.45. The number of nitrogens with zero attached hydrogens (tertiary/aromatic N) is 2. The molecule has 1 N–H and O–H groups in total. The van der Waals surface area contributed by atoms with Crippen molar-refractivity contribution in [3.8, 4) is 23.0 Å². The van der Waals surface area contributed by atoms with Crippen LogP contribution in [-0.4, -0.2) is 81.7 Å². The summed E-state index contributed by atoms with van der Waals surface area (Å²) in [6, 6.07) is 9.31. The SMILES string of the molecule is CCCOc1ccc(/C(O)=C2\C(=O)C(=O)N(CCN(C)C)[C@H]2c2cc(OC)c(OC)c(OC)c2)cc1. The van der Waals surface area contributed by atoms with Gasteiger partial charge < -0.3 is 33.9 Å². The van der Waals surface area contributed by atoms with Crippen molar-refractivity contribution in [1.82, 2.24) is 9.80 Å². The van der Waals surface area contributed by atoms with Crippen molar-refractivity contribution >= 4 is 17.4 Å². The standard InChI is InChI=1S/C27H34N2O7/c1-7-14-36-19-10-8-17(9-11-19)24(30)22-23(29(13-12-28(2)3)27(32)25(22)31)18-15-20(33-4)26(35-6)21(16-18)34-5/h8-11,15-16,23,30H,7,12-14H2,1-6H3/b24-22+/t23-/m0/s1. The maximum atomic E-state index is 13.3. The molecule has 0 spiro atoms. The summed E-state index contributed by atoms with van der Waals surface area (Å²) < 4.78 is 22.0. The summed E-state index contributed by atoms with van der Waals surface area (Å²) in [6.07, 6.45) is 0.868. The Bertz CT molecular complexity index is 1100. The zero-order valence-electron chi connectivity index (χ0n) is 21.7. The quantitative estimate of drug-likeness (QED) is 0.286. The molecule has 0 radical (unpaired) electrons. The van der Waals surface area contributed by atoms with Gasteiger partial charge in [0, 0.05) is 18.7 Å². The van der Waals surface area contributed by atoms with Gasteiger partial charge in [-0.2, -0.15) is 0 Å². The molecule has 2 aromatic rings. The third-order valence-electron chi connectivity index (χ3n) is 5.93. The summed E-state index contributed by atoms with van der Waals surface area (Å²) in [7, 11) is 8.25. The lowest BCUT2D eigenvalue weighted by molar-refractivity contribution is -0.140. The number of aliphatic hydroxyl groups excluding tert-OH is 1. The van der Waals surface area contributed by atoms with Gasteiger partial charge in [-0.25, -0.2) is 0 Å². The van der Waals surface area contributed by atoms with E-state index in [1.165, 1.54) is 26.2 Å². The van der Waals surface area contributed by atoms with Crippen molar-refractivity contribution in [3.05, 3.63) is 53.1 Å². The number of hydrogen-bond donors (Lipinski definition) is 1. The molecule has 2 aromatic carbocycles. The number of benzene rings is 2. The smallest absolute Gasteiger partial charge is 0.295 e. The fourth-order valence-corrected chi connectivity index (χ4v) is 4.11. The van der Waals surface area contributed by atoms with E-state index >= 15 is 0 Å². The molecule has 1 saturated heterocycles. The number of hydrogen-bond acceptors (Lipinski definition) is 8. The normalized spacial score (nSPS) is 17.0. The Hall–Kier alpha value is -3.72. The highest BCUT2D eigenvalue weighted by molar-refractivity contribution is 6.46. The van der Waals surface area contributed by atoms with Gasteiger partial charge in [-0.3, -0.25) is 9.59 Å². The summed E-state index contributed by atoms with van der Waals surface area (Å²) in [4.78, 5) is 29.8. The van der Waals surface area contributed by atoms with Crippen LogP contribution >= 0.6 is 0 Å². The molecule has 1 amide bonds. The van der Waals surface area contributed by atoms with Crippen LogP contribution in [0.25, 0.3) is 5.76 Å². The first-order valence-electron chi connectivity index (χ1n) is 11.7. The number of rotatable bonds is 11. The fourth-order valence-electron chi connectivity index (χ4n) is 4.11. The van der Waals surface area contributed by atoms with Gasteiger partial charge in [-0.05, 0) is 62.5 Å². The lowest BCUT2D eigenvalue weighted by Gasteiger charge is -2.27. The first-order valence-corrected chi connectivity index (χ1v) is 11.7. The van der Waals surface area contributed by atoms with Crippen molar-refractivity contribution in [3.63, 3.8) is 0 Å². The van der Waals surface area contributed by atoms with E-state index in [1.54, 1.807) is 36.4 Å². The molecule has 0 aromatic heterocycles. The van der Waals surface area contributed by atoms with Gasteiger partial charge >= 0.3 is 0 Å². The molecule has 1 atom stereocenters. The van der Waals surface area contributed by atoms with Crippen LogP contribution in [0, 0.1) is 0 Å². The minimum Gasteiger partial charge on any atom is -0.507 e.